The monoisotopic (exact) mass is 433 g/mol. The zero-order valence-electron chi connectivity index (χ0n) is 18.1. The lowest BCUT2D eigenvalue weighted by atomic mass is 9.83. The quantitative estimate of drug-likeness (QED) is 0.667. The maximum Gasteiger partial charge on any atom is 0.275 e. The van der Waals surface area contributed by atoms with Crippen LogP contribution >= 0.6 is 0 Å². The van der Waals surface area contributed by atoms with Crippen LogP contribution in [0.25, 0.3) is 11.0 Å². The summed E-state index contributed by atoms with van der Waals surface area (Å²) in [5.74, 6) is 0.218. The predicted octanol–water partition coefficient (Wildman–Crippen LogP) is 1.24. The lowest BCUT2D eigenvalue weighted by Crippen LogP contribution is -2.55. The predicted molar refractivity (Wildman–Crippen MR) is 118 cm³/mol. The minimum atomic E-state index is -0.401. The van der Waals surface area contributed by atoms with Gasteiger partial charge in [0.25, 0.3) is 5.91 Å². The fourth-order valence-corrected chi connectivity index (χ4v) is 6.00. The highest BCUT2D eigenvalue weighted by Crippen LogP contribution is 2.48. The molecule has 8 heteroatoms. The number of likely N-dealkylation sites (tertiary alicyclic amines) is 2. The fraction of sp³-hybridized carbons (Fsp3) is 0.458. The van der Waals surface area contributed by atoms with Crippen molar-refractivity contribution in [2.24, 2.45) is 11.8 Å². The summed E-state index contributed by atoms with van der Waals surface area (Å²) in [6.45, 7) is 3.32. The zero-order valence-corrected chi connectivity index (χ0v) is 18.1. The maximum absolute atomic E-state index is 13.8. The number of aliphatic hydroxyl groups excluding tert-OH is 1. The summed E-state index contributed by atoms with van der Waals surface area (Å²) in [6, 6.07) is 13.8. The van der Waals surface area contributed by atoms with E-state index in [0.29, 0.717) is 31.0 Å². The zero-order chi connectivity index (χ0) is 21.9. The first-order valence-corrected chi connectivity index (χ1v) is 11.2. The summed E-state index contributed by atoms with van der Waals surface area (Å²) in [5, 5.41) is 15.5. The molecule has 6 rings (SSSR count). The van der Waals surface area contributed by atoms with E-state index in [1.54, 1.807) is 6.20 Å². The van der Waals surface area contributed by atoms with Crippen LogP contribution in [0, 0.1) is 11.8 Å². The number of fused-ring (bicyclic) bond motifs is 2. The molecule has 8 nitrogen and oxygen atoms in total. The van der Waals surface area contributed by atoms with Crippen LogP contribution in [0.3, 0.4) is 0 Å². The van der Waals surface area contributed by atoms with Gasteiger partial charge in [-0.2, -0.15) is 5.10 Å². The second kappa shape index (κ2) is 7.37. The molecule has 3 aromatic rings. The number of carbonyl (C=O) groups excluding carboxylic acids is 1. The number of rotatable bonds is 4. The number of nitrogens with zero attached hydrogens (tertiary/aromatic N) is 5. The van der Waals surface area contributed by atoms with Crippen LogP contribution in [0.15, 0.2) is 48.7 Å². The Morgan fingerprint density at radius 2 is 2.03 bits per heavy atom. The van der Waals surface area contributed by atoms with Gasteiger partial charge in [-0.25, -0.2) is 9.67 Å². The summed E-state index contributed by atoms with van der Waals surface area (Å²) in [5.41, 5.74) is 1.85. The molecule has 3 aliphatic heterocycles. The van der Waals surface area contributed by atoms with Crippen molar-refractivity contribution in [2.75, 3.05) is 39.8 Å². The number of aromatic nitrogens is 3. The average Bonchev–Trinajstić information content (AvgIpc) is 3.38. The Bertz CT molecular complexity index is 1160. The van der Waals surface area contributed by atoms with Gasteiger partial charge >= 0.3 is 0 Å². The minimum absolute atomic E-state index is 0.0619. The van der Waals surface area contributed by atoms with E-state index < -0.39 is 5.60 Å². The summed E-state index contributed by atoms with van der Waals surface area (Å²) in [6.07, 6.45) is 1.60. The Hall–Kier alpha value is -2.81. The molecule has 3 fully saturated rings. The number of pyridine rings is 1. The Morgan fingerprint density at radius 1 is 1.19 bits per heavy atom. The van der Waals surface area contributed by atoms with Crippen molar-refractivity contribution in [3.63, 3.8) is 0 Å². The first-order valence-electron chi connectivity index (χ1n) is 11.2. The lowest BCUT2D eigenvalue weighted by molar-refractivity contribution is -0.107. The van der Waals surface area contributed by atoms with Crippen molar-refractivity contribution in [3.05, 3.63) is 59.9 Å². The molecule has 2 bridgehead atoms. The van der Waals surface area contributed by atoms with Gasteiger partial charge in [0, 0.05) is 44.3 Å². The number of ether oxygens (including phenoxy) is 1. The smallest absolute Gasteiger partial charge is 0.275 e. The number of benzene rings is 1. The van der Waals surface area contributed by atoms with Crippen molar-refractivity contribution in [2.45, 2.75) is 18.2 Å². The summed E-state index contributed by atoms with van der Waals surface area (Å²) < 4.78 is 8.25. The van der Waals surface area contributed by atoms with Crippen LogP contribution in [-0.4, -0.2) is 87.1 Å². The fourth-order valence-electron chi connectivity index (χ4n) is 6.00. The molecule has 0 unspecified atom stereocenters. The molecule has 3 saturated heterocycles. The lowest BCUT2D eigenvalue weighted by Gasteiger charge is -2.40. The van der Waals surface area contributed by atoms with Gasteiger partial charge in [0.2, 0.25) is 0 Å². The van der Waals surface area contributed by atoms with E-state index in [4.69, 9.17) is 9.84 Å². The maximum atomic E-state index is 13.8. The first-order chi connectivity index (χ1) is 15.6. The SMILES string of the molecule is CN1C[C@@H]2[C@H](CO)[C@H]3CN(C(=O)c4nn(Cc5ccccc5)c5ncccc45)C[C@]2(C1)O3. The highest BCUT2D eigenvalue weighted by atomic mass is 16.5. The van der Waals surface area contributed by atoms with Crippen molar-refractivity contribution >= 4 is 16.9 Å². The van der Waals surface area contributed by atoms with Crippen LogP contribution in [0.1, 0.15) is 16.1 Å². The van der Waals surface area contributed by atoms with Crippen LogP contribution < -0.4 is 0 Å². The van der Waals surface area contributed by atoms with Crippen molar-refractivity contribution in [1.82, 2.24) is 24.6 Å². The van der Waals surface area contributed by atoms with E-state index in [9.17, 15) is 9.90 Å². The van der Waals surface area contributed by atoms with Gasteiger partial charge < -0.3 is 19.6 Å². The van der Waals surface area contributed by atoms with E-state index in [2.05, 4.69) is 16.9 Å². The van der Waals surface area contributed by atoms with Gasteiger partial charge in [-0.1, -0.05) is 30.3 Å². The van der Waals surface area contributed by atoms with Crippen LogP contribution in [-0.2, 0) is 11.3 Å². The van der Waals surface area contributed by atoms with Crippen LogP contribution in [0.5, 0.6) is 0 Å². The van der Waals surface area contributed by atoms with Gasteiger partial charge in [-0.05, 0) is 24.7 Å². The molecule has 5 heterocycles. The van der Waals surface area contributed by atoms with E-state index in [1.165, 1.54) is 0 Å². The number of hydrogen-bond acceptors (Lipinski definition) is 6. The molecule has 166 valence electrons. The molecule has 0 aliphatic carbocycles. The summed E-state index contributed by atoms with van der Waals surface area (Å²) in [7, 11) is 2.07. The average molecular weight is 434 g/mol. The third kappa shape index (κ3) is 2.97. The second-order valence-electron chi connectivity index (χ2n) is 9.42. The standard InChI is InChI=1S/C24H27N5O3/c1-27-11-19-18(13-30)20-12-28(15-24(19,14-27)32-20)23(31)21-17-8-5-9-25-22(17)29(26-21)10-16-6-3-2-4-7-16/h2-9,18-20,30H,10-15H2,1H3/t18-,19+,20+,24-/m0/s1. The molecule has 1 aromatic carbocycles. The molecule has 4 atom stereocenters. The van der Waals surface area contributed by atoms with Crippen molar-refractivity contribution in [1.29, 1.82) is 0 Å². The Balaban J connectivity index is 1.34. The van der Waals surface area contributed by atoms with Crippen molar-refractivity contribution in [3.8, 4) is 0 Å². The number of likely N-dealkylation sites (N-methyl/N-ethyl adjacent to an activating group) is 1. The molecular weight excluding hydrogens is 406 g/mol. The highest BCUT2D eigenvalue weighted by molar-refractivity contribution is 6.04. The molecule has 1 spiro atoms. The topological polar surface area (TPSA) is 83.7 Å². The third-order valence-corrected chi connectivity index (χ3v) is 7.34. The Labute approximate surface area is 186 Å². The van der Waals surface area contributed by atoms with Crippen LogP contribution in [0.4, 0.5) is 0 Å². The number of morpholine rings is 1. The number of carbonyl (C=O) groups is 1. The third-order valence-electron chi connectivity index (χ3n) is 7.34. The molecule has 1 N–H and O–H groups in total. The molecule has 1 amide bonds. The molecule has 0 saturated carbocycles. The van der Waals surface area contributed by atoms with Gasteiger partial charge in [0.15, 0.2) is 11.3 Å². The summed E-state index contributed by atoms with van der Waals surface area (Å²) >= 11 is 0. The van der Waals surface area contributed by atoms with Gasteiger partial charge in [-0.3, -0.25) is 4.79 Å². The molecule has 3 aliphatic rings. The first kappa shape index (κ1) is 19.8. The van der Waals surface area contributed by atoms with Gasteiger partial charge in [0.05, 0.1) is 24.6 Å². The molecule has 0 radical (unpaired) electrons. The van der Waals surface area contributed by atoms with Crippen LogP contribution in [0.2, 0.25) is 0 Å². The number of amides is 1. The Kier molecular flexibility index (Phi) is 4.57. The second-order valence-corrected chi connectivity index (χ2v) is 9.42. The minimum Gasteiger partial charge on any atom is -0.396 e. The van der Waals surface area contributed by atoms with E-state index >= 15 is 0 Å². The molecule has 32 heavy (non-hydrogen) atoms. The Morgan fingerprint density at radius 3 is 2.84 bits per heavy atom. The van der Waals surface area contributed by atoms with E-state index in [-0.39, 0.29) is 30.5 Å². The normalized spacial score (nSPS) is 29.6. The molecule has 2 aromatic heterocycles. The van der Waals surface area contributed by atoms with Crippen molar-refractivity contribution < 1.29 is 14.6 Å². The van der Waals surface area contributed by atoms with Gasteiger partial charge in [-0.15, -0.1) is 0 Å². The highest BCUT2D eigenvalue weighted by Gasteiger charge is 2.62. The molecular formula is C24H27N5O3. The summed E-state index contributed by atoms with van der Waals surface area (Å²) in [4.78, 5) is 22.4. The van der Waals surface area contributed by atoms with E-state index in [0.717, 1.165) is 24.0 Å². The van der Waals surface area contributed by atoms with E-state index in [1.807, 2.05) is 52.0 Å². The number of aliphatic hydroxyl groups is 1. The van der Waals surface area contributed by atoms with Gasteiger partial charge in [0.1, 0.15) is 5.60 Å². The number of hydrogen-bond donors (Lipinski definition) is 1. The largest absolute Gasteiger partial charge is 0.396 e.